The minimum absolute atomic E-state index is 0.271. The monoisotopic (exact) mass is 310 g/mol. The van der Waals surface area contributed by atoms with Crippen LogP contribution in [0.25, 0.3) is 0 Å². The molecular weight excluding hydrogens is 307 g/mol. The maximum Gasteiger partial charge on any atom is 0.543 e. The van der Waals surface area contributed by atoms with Crippen molar-refractivity contribution in [1.29, 1.82) is 0 Å². The van der Waals surface area contributed by atoms with Crippen molar-refractivity contribution in [2.75, 3.05) is 7.11 Å². The van der Waals surface area contributed by atoms with Gasteiger partial charge in [-0.05, 0) is 0 Å². The molecule has 114 valence electrons. The van der Waals surface area contributed by atoms with Crippen LogP contribution >= 0.6 is 0 Å². The SMILES string of the molecule is COC(F)(F)O/C(F)=C(/F)OC(F)(F)OC(F)(F)F. The topological polar surface area (TPSA) is 36.9 Å². The Morgan fingerprint density at radius 1 is 0.737 bits per heavy atom. The summed E-state index contributed by atoms with van der Waals surface area (Å²) in [5.74, 6) is 0. The second kappa shape index (κ2) is 5.73. The summed E-state index contributed by atoms with van der Waals surface area (Å²) >= 11 is 0. The zero-order valence-corrected chi connectivity index (χ0v) is 8.53. The van der Waals surface area contributed by atoms with Crippen molar-refractivity contribution in [2.45, 2.75) is 19.0 Å². The lowest BCUT2D eigenvalue weighted by Crippen LogP contribution is -2.32. The molecule has 0 aromatic heterocycles. The van der Waals surface area contributed by atoms with Gasteiger partial charge in [-0.15, -0.1) is 30.7 Å². The van der Waals surface area contributed by atoms with Crippen molar-refractivity contribution in [1.82, 2.24) is 0 Å². The van der Waals surface area contributed by atoms with Gasteiger partial charge in [-0.2, -0.15) is 13.5 Å². The Bertz CT molecular complexity index is 336. The fourth-order valence-electron chi connectivity index (χ4n) is 0.486. The van der Waals surface area contributed by atoms with Crippen LogP contribution in [-0.2, 0) is 18.9 Å². The van der Waals surface area contributed by atoms with E-state index in [1.807, 2.05) is 4.74 Å². The van der Waals surface area contributed by atoms with E-state index in [1.54, 1.807) is 0 Å². The van der Waals surface area contributed by atoms with Crippen LogP contribution in [0, 0.1) is 0 Å². The Morgan fingerprint density at radius 2 is 1.11 bits per heavy atom. The first-order chi connectivity index (χ1) is 8.28. The maximum atomic E-state index is 12.4. The molecule has 0 aromatic rings. The molecule has 4 nitrogen and oxygen atoms in total. The first-order valence-electron chi connectivity index (χ1n) is 3.79. The van der Waals surface area contributed by atoms with Crippen LogP contribution in [0.15, 0.2) is 12.0 Å². The van der Waals surface area contributed by atoms with Crippen molar-refractivity contribution in [3.8, 4) is 0 Å². The largest absolute Gasteiger partial charge is 0.543 e. The maximum absolute atomic E-state index is 12.4. The second-order valence-electron chi connectivity index (χ2n) is 2.43. The molecule has 0 aliphatic rings. The smallest absolute Gasteiger partial charge is 0.377 e. The molecule has 0 bridgehead atoms. The third-order valence-electron chi connectivity index (χ3n) is 1.04. The van der Waals surface area contributed by atoms with Crippen molar-refractivity contribution >= 4 is 0 Å². The van der Waals surface area contributed by atoms with E-state index >= 15 is 0 Å². The highest BCUT2D eigenvalue weighted by atomic mass is 19.4. The third kappa shape index (κ3) is 7.61. The van der Waals surface area contributed by atoms with Crippen molar-refractivity contribution < 1.29 is 58.5 Å². The predicted molar refractivity (Wildman–Crippen MR) is 35.5 cm³/mol. The van der Waals surface area contributed by atoms with E-state index in [0.717, 1.165) is 0 Å². The Kier molecular flexibility index (Phi) is 5.32. The molecule has 0 unspecified atom stereocenters. The summed E-state index contributed by atoms with van der Waals surface area (Å²) in [6.45, 7) is 0. The lowest BCUT2D eigenvalue weighted by Gasteiger charge is -2.18. The van der Waals surface area contributed by atoms with Gasteiger partial charge in [0.25, 0.3) is 0 Å². The second-order valence-corrected chi connectivity index (χ2v) is 2.43. The highest BCUT2D eigenvalue weighted by molar-refractivity contribution is 4.83. The summed E-state index contributed by atoms with van der Waals surface area (Å²) < 4.78 is 118. The molecule has 19 heavy (non-hydrogen) atoms. The van der Waals surface area contributed by atoms with Gasteiger partial charge in [0.05, 0.1) is 0 Å². The van der Waals surface area contributed by atoms with E-state index in [-0.39, 0.29) is 7.11 Å². The first-order valence-corrected chi connectivity index (χ1v) is 3.79. The van der Waals surface area contributed by atoms with Crippen LogP contribution in [0.4, 0.5) is 39.5 Å². The van der Waals surface area contributed by atoms with E-state index in [9.17, 15) is 39.5 Å². The molecule has 0 aliphatic carbocycles. The molecule has 0 spiro atoms. The normalized spacial score (nSPS) is 15.1. The van der Waals surface area contributed by atoms with E-state index in [1.165, 1.54) is 0 Å². The number of alkyl halides is 7. The van der Waals surface area contributed by atoms with Gasteiger partial charge in [-0.1, -0.05) is 0 Å². The number of hydrogen-bond donors (Lipinski definition) is 0. The van der Waals surface area contributed by atoms with Crippen molar-refractivity contribution in [2.24, 2.45) is 0 Å². The van der Waals surface area contributed by atoms with E-state index in [4.69, 9.17) is 0 Å². The Morgan fingerprint density at radius 3 is 1.42 bits per heavy atom. The van der Waals surface area contributed by atoms with Crippen LogP contribution in [0.3, 0.4) is 0 Å². The Balaban J connectivity index is 4.78. The molecule has 0 fully saturated rings. The van der Waals surface area contributed by atoms with Crippen LogP contribution in [0.2, 0.25) is 0 Å². The number of ether oxygens (including phenoxy) is 4. The van der Waals surface area contributed by atoms with Crippen LogP contribution < -0.4 is 0 Å². The van der Waals surface area contributed by atoms with Gasteiger partial charge in [0.2, 0.25) is 0 Å². The summed E-state index contributed by atoms with van der Waals surface area (Å²) in [7, 11) is 0.271. The van der Waals surface area contributed by atoms with Crippen LogP contribution in [0.5, 0.6) is 0 Å². The quantitative estimate of drug-likeness (QED) is 0.428. The minimum atomic E-state index is -5.96. The molecule has 0 radical (unpaired) electrons. The molecule has 0 aliphatic heterocycles. The summed E-state index contributed by atoms with van der Waals surface area (Å²) in [6.07, 6.45) is -16.4. The Labute approximate surface area is 97.8 Å². The van der Waals surface area contributed by atoms with Crippen molar-refractivity contribution in [3.63, 3.8) is 0 Å². The first kappa shape index (κ1) is 17.6. The fraction of sp³-hybridized carbons (Fsp3) is 0.667. The lowest BCUT2D eigenvalue weighted by atomic mass is 10.9. The van der Waals surface area contributed by atoms with E-state index < -0.39 is 31.0 Å². The summed E-state index contributed by atoms with van der Waals surface area (Å²) in [5, 5.41) is 0. The summed E-state index contributed by atoms with van der Waals surface area (Å²) in [6, 6.07) is -6.30. The molecular formula is C6H3F9O4. The number of halogens is 9. The average Bonchev–Trinajstić information content (AvgIpc) is 2.12. The van der Waals surface area contributed by atoms with Gasteiger partial charge >= 0.3 is 31.0 Å². The van der Waals surface area contributed by atoms with E-state index in [0.29, 0.717) is 0 Å². The van der Waals surface area contributed by atoms with Crippen LogP contribution in [0.1, 0.15) is 0 Å². The van der Waals surface area contributed by atoms with Gasteiger partial charge in [-0.25, -0.2) is 0 Å². The summed E-state index contributed by atoms with van der Waals surface area (Å²) in [5.41, 5.74) is 0. The molecule has 0 amide bonds. The molecule has 0 rings (SSSR count). The zero-order valence-electron chi connectivity index (χ0n) is 8.53. The Hall–Kier alpha value is -1.37. The number of methoxy groups -OCH3 is 1. The predicted octanol–water partition coefficient (Wildman–Crippen LogP) is 3.37. The molecule has 0 saturated carbocycles. The zero-order chi connectivity index (χ0) is 15.5. The summed E-state index contributed by atoms with van der Waals surface area (Å²) in [4.78, 5) is 0. The molecule has 0 heterocycles. The average molecular weight is 310 g/mol. The number of rotatable bonds is 6. The lowest BCUT2D eigenvalue weighted by molar-refractivity contribution is -0.493. The van der Waals surface area contributed by atoms with Crippen molar-refractivity contribution in [3.05, 3.63) is 12.0 Å². The highest BCUT2D eigenvalue weighted by Crippen LogP contribution is 2.32. The van der Waals surface area contributed by atoms with Gasteiger partial charge < -0.3 is 9.47 Å². The molecule has 0 atom stereocenters. The van der Waals surface area contributed by atoms with Gasteiger partial charge in [0.1, 0.15) is 0 Å². The van der Waals surface area contributed by atoms with Gasteiger partial charge in [0.15, 0.2) is 0 Å². The molecule has 0 saturated heterocycles. The fourth-order valence-corrected chi connectivity index (χ4v) is 0.486. The highest BCUT2D eigenvalue weighted by Gasteiger charge is 2.49. The third-order valence-corrected chi connectivity index (χ3v) is 1.04. The number of hydrogen-bond acceptors (Lipinski definition) is 4. The standard InChI is InChI=1S/C6H3F9O4/c1-16-5(12,13)17-2(7)3(8)18-6(14,15)19-4(9,10)11/h1H3/b3-2-. The molecule has 0 N–H and O–H groups in total. The van der Waals surface area contributed by atoms with Gasteiger partial charge in [-0.3, -0.25) is 4.74 Å². The van der Waals surface area contributed by atoms with Crippen LogP contribution in [-0.4, -0.2) is 26.1 Å². The molecule has 13 heteroatoms. The van der Waals surface area contributed by atoms with E-state index in [2.05, 4.69) is 14.2 Å². The van der Waals surface area contributed by atoms with Gasteiger partial charge in [0, 0.05) is 7.11 Å². The minimum Gasteiger partial charge on any atom is -0.377 e. The molecule has 0 aromatic carbocycles.